The van der Waals surface area contributed by atoms with Crippen molar-refractivity contribution >= 4 is 17.7 Å². The number of benzene rings is 3. The molecular weight excluding hydrogens is 378 g/mol. The molecule has 0 fully saturated rings. The van der Waals surface area contributed by atoms with Crippen molar-refractivity contribution in [3.05, 3.63) is 95.6 Å². The molecule has 0 unspecified atom stereocenters. The van der Waals surface area contributed by atoms with Crippen LogP contribution >= 0.6 is 11.8 Å². The van der Waals surface area contributed by atoms with Gasteiger partial charge in [0, 0.05) is 22.8 Å². The minimum absolute atomic E-state index is 0.0413. The molecule has 3 rings (SSSR count). The highest BCUT2D eigenvalue weighted by Crippen LogP contribution is 2.18. The van der Waals surface area contributed by atoms with Crippen molar-refractivity contribution in [1.82, 2.24) is 5.32 Å². The van der Waals surface area contributed by atoms with E-state index in [4.69, 9.17) is 4.74 Å². The van der Waals surface area contributed by atoms with Crippen molar-refractivity contribution in [2.24, 2.45) is 0 Å². The van der Waals surface area contributed by atoms with E-state index in [-0.39, 0.29) is 5.91 Å². The molecule has 0 saturated carbocycles. The summed E-state index contributed by atoms with van der Waals surface area (Å²) in [6, 6.07) is 26.1. The molecule has 3 aromatic rings. The maximum absolute atomic E-state index is 12.3. The maximum Gasteiger partial charge on any atom is 0.251 e. The van der Waals surface area contributed by atoms with Gasteiger partial charge in [-0.1, -0.05) is 48.0 Å². The Morgan fingerprint density at radius 2 is 1.76 bits per heavy atom. The van der Waals surface area contributed by atoms with E-state index in [1.165, 1.54) is 16.0 Å². The lowest BCUT2D eigenvalue weighted by atomic mass is 10.1. The number of amides is 1. The fraction of sp³-hybridized carbons (Fsp3) is 0.240. The summed E-state index contributed by atoms with van der Waals surface area (Å²) in [7, 11) is 0. The molecule has 4 heteroatoms. The van der Waals surface area contributed by atoms with Gasteiger partial charge in [-0.05, 0) is 61.7 Å². The first-order chi connectivity index (χ1) is 14.2. The predicted octanol–water partition coefficient (Wildman–Crippen LogP) is 5.53. The molecule has 1 amide bonds. The van der Waals surface area contributed by atoms with Crippen LogP contribution in [-0.4, -0.2) is 24.8 Å². The Hall–Kier alpha value is -2.72. The molecule has 0 heterocycles. The molecule has 150 valence electrons. The van der Waals surface area contributed by atoms with Crippen molar-refractivity contribution < 1.29 is 9.53 Å². The summed E-state index contributed by atoms with van der Waals surface area (Å²) in [5, 5.41) is 2.99. The van der Waals surface area contributed by atoms with E-state index in [1.54, 1.807) is 11.8 Å². The van der Waals surface area contributed by atoms with Gasteiger partial charge >= 0.3 is 0 Å². The molecule has 0 aliphatic heterocycles. The van der Waals surface area contributed by atoms with E-state index in [0.717, 1.165) is 24.3 Å². The second kappa shape index (κ2) is 11.3. The molecule has 0 aliphatic rings. The lowest BCUT2D eigenvalue weighted by molar-refractivity contribution is 0.0953. The monoisotopic (exact) mass is 405 g/mol. The average Bonchev–Trinajstić information content (AvgIpc) is 2.75. The summed E-state index contributed by atoms with van der Waals surface area (Å²) >= 11 is 1.77. The average molecular weight is 406 g/mol. The highest BCUT2D eigenvalue weighted by molar-refractivity contribution is 7.99. The van der Waals surface area contributed by atoms with E-state index < -0.39 is 0 Å². The summed E-state index contributed by atoms with van der Waals surface area (Å²) < 4.78 is 5.77. The number of aryl methyl sites for hydroxylation is 2. The maximum atomic E-state index is 12.3. The van der Waals surface area contributed by atoms with Gasteiger partial charge in [-0.25, -0.2) is 0 Å². The summed E-state index contributed by atoms with van der Waals surface area (Å²) in [4.78, 5) is 13.5. The van der Waals surface area contributed by atoms with Gasteiger partial charge < -0.3 is 10.1 Å². The Bertz CT molecular complexity index is 894. The van der Waals surface area contributed by atoms with Crippen LogP contribution in [0.1, 0.15) is 27.9 Å². The van der Waals surface area contributed by atoms with Gasteiger partial charge in [0.15, 0.2) is 0 Å². The van der Waals surface area contributed by atoms with Gasteiger partial charge in [-0.2, -0.15) is 0 Å². The molecule has 0 bridgehead atoms. The molecule has 3 aromatic carbocycles. The number of carbonyl (C=O) groups excluding carboxylic acids is 1. The molecule has 0 aliphatic carbocycles. The third-order valence-corrected chi connectivity index (χ3v) is 5.47. The third kappa shape index (κ3) is 7.31. The largest absolute Gasteiger partial charge is 0.493 e. The molecule has 1 N–H and O–H groups in total. The second-order valence-corrected chi connectivity index (χ2v) is 8.05. The number of carbonyl (C=O) groups is 1. The molecule has 29 heavy (non-hydrogen) atoms. The first-order valence-corrected chi connectivity index (χ1v) is 10.9. The molecule has 0 saturated heterocycles. The van der Waals surface area contributed by atoms with Crippen molar-refractivity contribution in [3.63, 3.8) is 0 Å². The Labute approximate surface area is 177 Å². The van der Waals surface area contributed by atoms with Crippen LogP contribution in [0.25, 0.3) is 0 Å². The van der Waals surface area contributed by atoms with Crippen LogP contribution in [0.3, 0.4) is 0 Å². The Morgan fingerprint density at radius 3 is 2.52 bits per heavy atom. The quantitative estimate of drug-likeness (QED) is 0.356. The lowest BCUT2D eigenvalue weighted by Gasteiger charge is -2.08. The summed E-state index contributed by atoms with van der Waals surface area (Å²) in [6.45, 7) is 3.40. The van der Waals surface area contributed by atoms with E-state index >= 15 is 0 Å². The number of nitrogens with one attached hydrogen (secondary N) is 1. The van der Waals surface area contributed by atoms with Gasteiger partial charge in [0.1, 0.15) is 5.75 Å². The summed E-state index contributed by atoms with van der Waals surface area (Å²) in [6.07, 6.45) is 1.89. The first-order valence-electron chi connectivity index (χ1n) is 9.95. The van der Waals surface area contributed by atoms with E-state index in [9.17, 15) is 4.79 Å². The van der Waals surface area contributed by atoms with Gasteiger partial charge in [0.2, 0.25) is 0 Å². The van der Waals surface area contributed by atoms with Gasteiger partial charge in [-0.15, -0.1) is 11.8 Å². The van der Waals surface area contributed by atoms with Crippen LogP contribution in [0.4, 0.5) is 0 Å². The zero-order valence-corrected chi connectivity index (χ0v) is 17.6. The Balaban J connectivity index is 1.34. The zero-order valence-electron chi connectivity index (χ0n) is 16.8. The highest BCUT2D eigenvalue weighted by atomic mass is 32.2. The molecule has 0 spiro atoms. The summed E-state index contributed by atoms with van der Waals surface area (Å²) in [5.41, 5.74) is 3.24. The van der Waals surface area contributed by atoms with Crippen molar-refractivity contribution in [3.8, 4) is 5.75 Å². The van der Waals surface area contributed by atoms with E-state index in [0.29, 0.717) is 18.7 Å². The topological polar surface area (TPSA) is 38.3 Å². The van der Waals surface area contributed by atoms with Crippen LogP contribution < -0.4 is 10.1 Å². The number of hydrogen-bond acceptors (Lipinski definition) is 3. The Kier molecular flexibility index (Phi) is 8.20. The molecule has 3 nitrogen and oxygen atoms in total. The van der Waals surface area contributed by atoms with Crippen LogP contribution in [0, 0.1) is 6.92 Å². The highest BCUT2D eigenvalue weighted by Gasteiger charge is 2.05. The first kappa shape index (κ1) is 21.0. The normalized spacial score (nSPS) is 10.5. The van der Waals surface area contributed by atoms with E-state index in [1.807, 2.05) is 42.5 Å². The van der Waals surface area contributed by atoms with E-state index in [2.05, 4.69) is 48.6 Å². The predicted molar refractivity (Wildman–Crippen MR) is 121 cm³/mol. The fourth-order valence-corrected chi connectivity index (χ4v) is 3.75. The fourth-order valence-electron chi connectivity index (χ4n) is 3.00. The van der Waals surface area contributed by atoms with Gasteiger partial charge in [-0.3, -0.25) is 4.79 Å². The van der Waals surface area contributed by atoms with Gasteiger partial charge in [0.25, 0.3) is 5.91 Å². The smallest absolute Gasteiger partial charge is 0.251 e. The van der Waals surface area contributed by atoms with Crippen LogP contribution in [0.5, 0.6) is 5.75 Å². The van der Waals surface area contributed by atoms with Crippen molar-refractivity contribution in [1.29, 1.82) is 0 Å². The number of hydrogen-bond donors (Lipinski definition) is 1. The molecule has 0 radical (unpaired) electrons. The van der Waals surface area contributed by atoms with Crippen LogP contribution in [-0.2, 0) is 6.42 Å². The Morgan fingerprint density at radius 1 is 0.966 bits per heavy atom. The molecule has 0 aromatic heterocycles. The zero-order chi connectivity index (χ0) is 20.3. The number of rotatable bonds is 10. The van der Waals surface area contributed by atoms with Crippen molar-refractivity contribution in [2.75, 3.05) is 18.9 Å². The lowest BCUT2D eigenvalue weighted by Crippen LogP contribution is -2.24. The molecular formula is C25H27NO2S. The van der Waals surface area contributed by atoms with Crippen LogP contribution in [0.15, 0.2) is 83.8 Å². The number of thioether (sulfide) groups is 1. The SMILES string of the molecule is Cc1cccc(CCCNC(=O)c2ccc(OCCSc3ccccc3)cc2)c1. The second-order valence-electron chi connectivity index (χ2n) is 6.88. The standard InChI is InChI=1S/C25H27NO2S/c1-20-7-5-8-21(19-20)9-6-16-26-25(27)22-12-14-23(15-13-22)28-17-18-29-24-10-3-2-4-11-24/h2-5,7-8,10-15,19H,6,9,16-18H2,1H3,(H,26,27). The van der Waals surface area contributed by atoms with Crippen molar-refractivity contribution in [2.45, 2.75) is 24.7 Å². The minimum Gasteiger partial charge on any atom is -0.493 e. The number of ether oxygens (including phenoxy) is 1. The van der Waals surface area contributed by atoms with Gasteiger partial charge in [0.05, 0.1) is 6.61 Å². The third-order valence-electron chi connectivity index (χ3n) is 4.49. The minimum atomic E-state index is -0.0413. The summed E-state index contributed by atoms with van der Waals surface area (Å²) in [5.74, 6) is 1.63. The van der Waals surface area contributed by atoms with Crippen LogP contribution in [0.2, 0.25) is 0 Å². The molecule has 0 atom stereocenters.